The van der Waals surface area contributed by atoms with Crippen molar-refractivity contribution in [1.82, 2.24) is 25.1 Å². The summed E-state index contributed by atoms with van der Waals surface area (Å²) >= 11 is 0. The first-order chi connectivity index (χ1) is 11.6. The number of hydrogen-bond donors (Lipinski definition) is 3. The summed E-state index contributed by atoms with van der Waals surface area (Å²) in [5.74, 6) is -0.0187. The Bertz CT molecular complexity index is 897. The van der Waals surface area contributed by atoms with Gasteiger partial charge in [0.2, 0.25) is 0 Å². The molecule has 1 atom stereocenters. The second kappa shape index (κ2) is 5.76. The van der Waals surface area contributed by atoms with Crippen molar-refractivity contribution in [2.45, 2.75) is 32.4 Å². The Morgan fingerprint density at radius 1 is 1.46 bits per heavy atom. The molecule has 1 aromatic carbocycles. The summed E-state index contributed by atoms with van der Waals surface area (Å²) in [5, 5.41) is 15.7. The zero-order valence-electron chi connectivity index (χ0n) is 13.4. The Hall–Kier alpha value is -2.67. The average Bonchev–Trinajstić information content (AvgIpc) is 3.26. The van der Waals surface area contributed by atoms with Crippen molar-refractivity contribution in [1.29, 1.82) is 0 Å². The molecule has 7 nitrogen and oxygen atoms in total. The lowest BCUT2D eigenvalue weighted by Crippen LogP contribution is -2.24. The van der Waals surface area contributed by atoms with Crippen LogP contribution in [0.4, 0.5) is 0 Å². The van der Waals surface area contributed by atoms with Gasteiger partial charge in [-0.05, 0) is 37.9 Å². The molecule has 0 bridgehead atoms. The van der Waals surface area contributed by atoms with Gasteiger partial charge in [0.1, 0.15) is 11.5 Å². The molecule has 1 unspecified atom stereocenters. The number of aromatic carboxylic acids is 1. The minimum atomic E-state index is -0.974. The van der Waals surface area contributed by atoms with E-state index < -0.39 is 5.97 Å². The van der Waals surface area contributed by atoms with E-state index in [4.69, 9.17) is 4.98 Å². The number of nitrogens with zero attached hydrogens (tertiary/aromatic N) is 3. The largest absolute Gasteiger partial charge is 0.477 e. The molecule has 0 spiro atoms. The van der Waals surface area contributed by atoms with Crippen LogP contribution in [0.1, 0.15) is 46.3 Å². The predicted molar refractivity (Wildman–Crippen MR) is 88.8 cm³/mol. The van der Waals surface area contributed by atoms with E-state index in [1.165, 1.54) is 0 Å². The highest BCUT2D eigenvalue weighted by molar-refractivity contribution is 5.86. The third kappa shape index (κ3) is 2.46. The summed E-state index contributed by atoms with van der Waals surface area (Å²) in [6, 6.07) is 6.30. The number of aromatic amines is 2. The van der Waals surface area contributed by atoms with Gasteiger partial charge in [-0.2, -0.15) is 5.10 Å². The summed E-state index contributed by atoms with van der Waals surface area (Å²) in [7, 11) is 0. The van der Waals surface area contributed by atoms with Gasteiger partial charge in [0.25, 0.3) is 0 Å². The Balaban J connectivity index is 1.63. The number of fused-ring (bicyclic) bond motifs is 1. The average molecular weight is 325 g/mol. The van der Waals surface area contributed by atoms with E-state index in [9.17, 15) is 9.90 Å². The van der Waals surface area contributed by atoms with Crippen molar-refractivity contribution in [2.24, 2.45) is 0 Å². The summed E-state index contributed by atoms with van der Waals surface area (Å²) in [6.45, 7) is 3.54. The lowest BCUT2D eigenvalue weighted by molar-refractivity contribution is 0.0687. The molecule has 1 fully saturated rings. The van der Waals surface area contributed by atoms with Crippen LogP contribution in [0.5, 0.6) is 0 Å². The maximum atomic E-state index is 11.3. The zero-order valence-corrected chi connectivity index (χ0v) is 13.4. The minimum Gasteiger partial charge on any atom is -0.477 e. The van der Waals surface area contributed by atoms with Gasteiger partial charge in [-0.3, -0.25) is 10.00 Å². The van der Waals surface area contributed by atoms with E-state index >= 15 is 0 Å². The number of aromatic nitrogens is 4. The molecule has 0 radical (unpaired) electrons. The van der Waals surface area contributed by atoms with E-state index in [2.05, 4.69) is 33.1 Å². The number of imidazole rings is 1. The second-order valence-electron chi connectivity index (χ2n) is 6.30. The number of H-pyrrole nitrogens is 2. The number of carbonyl (C=O) groups is 1. The molecule has 2 aromatic heterocycles. The van der Waals surface area contributed by atoms with Crippen LogP contribution >= 0.6 is 0 Å². The van der Waals surface area contributed by atoms with Crippen LogP contribution in [0.15, 0.2) is 24.4 Å². The van der Waals surface area contributed by atoms with Gasteiger partial charge in [-0.15, -0.1) is 0 Å². The van der Waals surface area contributed by atoms with Gasteiger partial charge in [0, 0.05) is 12.1 Å². The monoisotopic (exact) mass is 325 g/mol. The minimum absolute atomic E-state index is 0.168. The molecule has 1 aliphatic heterocycles. The van der Waals surface area contributed by atoms with Crippen LogP contribution in [0.25, 0.3) is 11.0 Å². The molecule has 3 aromatic rings. The van der Waals surface area contributed by atoms with E-state index in [0.717, 1.165) is 41.8 Å². The first-order valence-electron chi connectivity index (χ1n) is 8.08. The van der Waals surface area contributed by atoms with Gasteiger partial charge < -0.3 is 10.1 Å². The smallest absolute Gasteiger partial charge is 0.354 e. The van der Waals surface area contributed by atoms with Gasteiger partial charge in [-0.1, -0.05) is 12.1 Å². The second-order valence-corrected chi connectivity index (χ2v) is 6.30. The number of carboxylic acid groups (broad SMARTS) is 1. The SMILES string of the molecule is Cc1cccc2[nH]c(C3CCCN3Cc3cn[nH]c3C(=O)O)nc12. The van der Waals surface area contributed by atoms with Crippen molar-refractivity contribution in [3.63, 3.8) is 0 Å². The number of rotatable bonds is 4. The first-order valence-corrected chi connectivity index (χ1v) is 8.08. The van der Waals surface area contributed by atoms with E-state index in [1.807, 2.05) is 12.1 Å². The Morgan fingerprint density at radius 3 is 3.12 bits per heavy atom. The number of carboxylic acids is 1. The fraction of sp³-hybridized carbons (Fsp3) is 0.353. The fourth-order valence-corrected chi connectivity index (χ4v) is 3.51. The number of hydrogen-bond acceptors (Lipinski definition) is 4. The first kappa shape index (κ1) is 14.9. The number of benzene rings is 1. The van der Waals surface area contributed by atoms with Crippen molar-refractivity contribution < 1.29 is 9.90 Å². The molecule has 24 heavy (non-hydrogen) atoms. The summed E-state index contributed by atoms with van der Waals surface area (Å²) in [5.41, 5.74) is 4.09. The van der Waals surface area contributed by atoms with Crippen molar-refractivity contribution in [3.05, 3.63) is 47.0 Å². The molecule has 3 N–H and O–H groups in total. The highest BCUT2D eigenvalue weighted by Crippen LogP contribution is 2.33. The molecule has 4 rings (SSSR count). The normalized spacial score (nSPS) is 18.5. The lowest BCUT2D eigenvalue weighted by atomic mass is 10.2. The molecule has 0 aliphatic carbocycles. The highest BCUT2D eigenvalue weighted by atomic mass is 16.4. The van der Waals surface area contributed by atoms with Crippen molar-refractivity contribution >= 4 is 17.0 Å². The molecule has 1 saturated heterocycles. The van der Waals surface area contributed by atoms with Crippen molar-refractivity contribution in [2.75, 3.05) is 6.54 Å². The maximum absolute atomic E-state index is 11.3. The predicted octanol–water partition coefficient (Wildman–Crippen LogP) is 2.63. The quantitative estimate of drug-likeness (QED) is 0.685. The van der Waals surface area contributed by atoms with E-state index in [-0.39, 0.29) is 11.7 Å². The van der Waals surface area contributed by atoms with Crippen LogP contribution in [0.3, 0.4) is 0 Å². The maximum Gasteiger partial charge on any atom is 0.354 e. The van der Waals surface area contributed by atoms with Gasteiger partial charge in [-0.25, -0.2) is 9.78 Å². The third-order valence-corrected chi connectivity index (χ3v) is 4.72. The van der Waals surface area contributed by atoms with Gasteiger partial charge >= 0.3 is 5.97 Å². The van der Waals surface area contributed by atoms with Crippen LogP contribution in [-0.2, 0) is 6.54 Å². The van der Waals surface area contributed by atoms with E-state index in [0.29, 0.717) is 12.1 Å². The van der Waals surface area contributed by atoms with Crippen LogP contribution in [0.2, 0.25) is 0 Å². The highest BCUT2D eigenvalue weighted by Gasteiger charge is 2.30. The lowest BCUT2D eigenvalue weighted by Gasteiger charge is -2.22. The van der Waals surface area contributed by atoms with Crippen LogP contribution in [0, 0.1) is 6.92 Å². The Labute approximate surface area is 138 Å². The molecule has 7 heteroatoms. The van der Waals surface area contributed by atoms with Gasteiger partial charge in [0.15, 0.2) is 0 Å². The fourth-order valence-electron chi connectivity index (χ4n) is 3.51. The molecule has 3 heterocycles. The third-order valence-electron chi connectivity index (χ3n) is 4.72. The molecular weight excluding hydrogens is 306 g/mol. The molecule has 124 valence electrons. The van der Waals surface area contributed by atoms with Crippen LogP contribution < -0.4 is 0 Å². The summed E-state index contributed by atoms with van der Waals surface area (Å²) in [6.07, 6.45) is 3.68. The number of para-hydroxylation sites is 1. The molecule has 0 amide bonds. The number of aryl methyl sites for hydroxylation is 1. The van der Waals surface area contributed by atoms with E-state index in [1.54, 1.807) is 6.20 Å². The number of likely N-dealkylation sites (tertiary alicyclic amines) is 1. The molecular formula is C17H19N5O2. The zero-order chi connectivity index (χ0) is 16.7. The topological polar surface area (TPSA) is 97.9 Å². The standard InChI is InChI=1S/C17H19N5O2/c1-10-4-2-5-12-14(10)20-16(19-12)13-6-3-7-22(13)9-11-8-18-21-15(11)17(23)24/h2,4-5,8,13H,3,6-7,9H2,1H3,(H,18,21)(H,19,20)(H,23,24). The molecule has 1 aliphatic rings. The number of nitrogens with one attached hydrogen (secondary N) is 2. The van der Waals surface area contributed by atoms with Crippen molar-refractivity contribution in [3.8, 4) is 0 Å². The summed E-state index contributed by atoms with van der Waals surface area (Å²) in [4.78, 5) is 21.8. The van der Waals surface area contributed by atoms with Gasteiger partial charge in [0.05, 0.1) is 23.3 Å². The molecule has 0 saturated carbocycles. The Kier molecular flexibility index (Phi) is 3.57. The summed E-state index contributed by atoms with van der Waals surface area (Å²) < 4.78 is 0. The Morgan fingerprint density at radius 2 is 2.33 bits per heavy atom. The van der Waals surface area contributed by atoms with Crippen LogP contribution in [-0.4, -0.2) is 42.7 Å².